The van der Waals surface area contributed by atoms with Crippen molar-refractivity contribution < 1.29 is 0 Å². The molecule has 1 saturated carbocycles. The summed E-state index contributed by atoms with van der Waals surface area (Å²) in [5.41, 5.74) is 3.29. The summed E-state index contributed by atoms with van der Waals surface area (Å²) in [5.74, 6) is 6.51. The van der Waals surface area contributed by atoms with E-state index in [9.17, 15) is 0 Å². The Hall–Kier alpha value is -1.01. The molecule has 0 spiro atoms. The molecule has 1 unspecified atom stereocenters. The van der Waals surface area contributed by atoms with Gasteiger partial charge in [0.15, 0.2) is 5.82 Å². The molecule has 0 amide bonds. The fourth-order valence-corrected chi connectivity index (χ4v) is 3.07. The van der Waals surface area contributed by atoms with Crippen LogP contribution in [-0.2, 0) is 13.5 Å². The normalized spacial score (nSPS) is 20.6. The molecular weight excluding hydrogens is 216 g/mol. The maximum Gasteiger partial charge on any atom is 0.176 e. The minimum atomic E-state index is 0.249. The van der Waals surface area contributed by atoms with Crippen LogP contribution >= 0.6 is 0 Å². The molecule has 1 heterocycles. The van der Waals surface area contributed by atoms with Gasteiger partial charge in [-0.3, -0.25) is 11.3 Å². The zero-order valence-electron chi connectivity index (χ0n) is 10.7. The van der Waals surface area contributed by atoms with Crippen LogP contribution in [0.25, 0.3) is 0 Å². The van der Waals surface area contributed by atoms with E-state index >= 15 is 0 Å². The second-order valence-corrected chi connectivity index (χ2v) is 5.04. The summed E-state index contributed by atoms with van der Waals surface area (Å²) in [6, 6.07) is 0.249. The number of nitrogens with zero attached hydrogens (tertiary/aromatic N) is 4. The van der Waals surface area contributed by atoms with Gasteiger partial charge in [-0.1, -0.05) is 19.8 Å². The minimum Gasteiger partial charge on any atom is -0.271 e. The first-order chi connectivity index (χ1) is 8.20. The lowest BCUT2D eigenvalue weighted by Gasteiger charge is -2.35. The monoisotopic (exact) mass is 238 g/mol. The van der Waals surface area contributed by atoms with Crippen LogP contribution in [-0.4, -0.2) is 26.2 Å². The number of nitrogens with two attached hydrogens (primary N) is 1. The number of tetrazole rings is 1. The van der Waals surface area contributed by atoms with Crippen LogP contribution in [0.15, 0.2) is 0 Å². The van der Waals surface area contributed by atoms with E-state index < -0.39 is 0 Å². The topological polar surface area (TPSA) is 81.7 Å². The van der Waals surface area contributed by atoms with Crippen molar-refractivity contribution in [2.75, 3.05) is 0 Å². The highest BCUT2D eigenvalue weighted by Crippen LogP contribution is 2.44. The summed E-state index contributed by atoms with van der Waals surface area (Å²) < 4.78 is 0. The highest BCUT2D eigenvalue weighted by Gasteiger charge is 2.39. The minimum absolute atomic E-state index is 0.249. The Morgan fingerprint density at radius 1 is 1.47 bits per heavy atom. The van der Waals surface area contributed by atoms with Gasteiger partial charge in [-0.15, -0.1) is 10.2 Å². The largest absolute Gasteiger partial charge is 0.271 e. The van der Waals surface area contributed by atoms with Crippen LogP contribution in [0.5, 0.6) is 0 Å². The van der Waals surface area contributed by atoms with Crippen molar-refractivity contribution in [2.24, 2.45) is 18.3 Å². The van der Waals surface area contributed by atoms with Crippen molar-refractivity contribution in [3.8, 4) is 0 Å². The molecule has 0 saturated heterocycles. The first-order valence-corrected chi connectivity index (χ1v) is 6.39. The first kappa shape index (κ1) is 12.4. The predicted molar refractivity (Wildman–Crippen MR) is 64.8 cm³/mol. The van der Waals surface area contributed by atoms with E-state index in [4.69, 9.17) is 5.84 Å². The van der Waals surface area contributed by atoms with Crippen LogP contribution < -0.4 is 11.3 Å². The van der Waals surface area contributed by atoms with E-state index in [1.165, 1.54) is 30.5 Å². The van der Waals surface area contributed by atoms with Crippen molar-refractivity contribution in [1.82, 2.24) is 25.6 Å². The molecular formula is C11H22N6. The third-order valence-electron chi connectivity index (χ3n) is 4.18. The lowest BCUT2D eigenvalue weighted by atomic mass is 9.75. The van der Waals surface area contributed by atoms with E-state index in [2.05, 4.69) is 27.8 Å². The Labute approximate surface area is 102 Å². The van der Waals surface area contributed by atoms with E-state index in [0.717, 1.165) is 18.7 Å². The molecule has 96 valence electrons. The van der Waals surface area contributed by atoms with E-state index in [0.29, 0.717) is 5.41 Å². The Kier molecular flexibility index (Phi) is 3.73. The molecule has 0 radical (unpaired) electrons. The average Bonchev–Trinajstić information content (AvgIpc) is 2.95. The van der Waals surface area contributed by atoms with Gasteiger partial charge in [0.05, 0.1) is 7.05 Å². The van der Waals surface area contributed by atoms with Crippen LogP contribution in [0.2, 0.25) is 0 Å². The SMILES string of the molecule is CCC1(C(Cc2nnn(C)n2)NN)CCCC1. The van der Waals surface area contributed by atoms with Gasteiger partial charge in [0.1, 0.15) is 0 Å². The van der Waals surface area contributed by atoms with Gasteiger partial charge in [0, 0.05) is 12.5 Å². The van der Waals surface area contributed by atoms with Gasteiger partial charge < -0.3 is 0 Å². The van der Waals surface area contributed by atoms with Crippen molar-refractivity contribution in [2.45, 2.75) is 51.5 Å². The third-order valence-corrected chi connectivity index (χ3v) is 4.18. The molecule has 6 nitrogen and oxygen atoms in total. The average molecular weight is 238 g/mol. The predicted octanol–water partition coefficient (Wildman–Crippen LogP) is 0.555. The Bertz CT molecular complexity index is 355. The highest BCUT2D eigenvalue weighted by atomic mass is 15.6. The van der Waals surface area contributed by atoms with Crippen LogP contribution in [0.3, 0.4) is 0 Å². The Balaban J connectivity index is 2.10. The van der Waals surface area contributed by atoms with Crippen LogP contribution in [0.1, 0.15) is 44.9 Å². The smallest absolute Gasteiger partial charge is 0.176 e. The fraction of sp³-hybridized carbons (Fsp3) is 0.909. The van der Waals surface area contributed by atoms with Gasteiger partial charge in [-0.05, 0) is 29.9 Å². The molecule has 17 heavy (non-hydrogen) atoms. The second kappa shape index (κ2) is 5.10. The van der Waals surface area contributed by atoms with Crippen molar-refractivity contribution in [3.63, 3.8) is 0 Å². The summed E-state index contributed by atoms with van der Waals surface area (Å²) in [5, 5.41) is 12.1. The molecule has 0 bridgehead atoms. The van der Waals surface area contributed by atoms with Crippen LogP contribution in [0.4, 0.5) is 0 Å². The van der Waals surface area contributed by atoms with Gasteiger partial charge in [-0.2, -0.15) is 4.80 Å². The van der Waals surface area contributed by atoms with E-state index in [1.54, 1.807) is 7.05 Å². The summed E-state index contributed by atoms with van der Waals surface area (Å²) in [6.45, 7) is 2.25. The molecule has 2 rings (SSSR count). The number of aryl methyl sites for hydroxylation is 1. The van der Waals surface area contributed by atoms with Crippen LogP contribution in [0, 0.1) is 5.41 Å². The molecule has 1 aliphatic rings. The van der Waals surface area contributed by atoms with E-state index in [1.807, 2.05) is 0 Å². The van der Waals surface area contributed by atoms with E-state index in [-0.39, 0.29) is 6.04 Å². The zero-order chi connectivity index (χ0) is 12.3. The fourth-order valence-electron chi connectivity index (χ4n) is 3.07. The molecule has 0 aliphatic heterocycles. The lowest BCUT2D eigenvalue weighted by molar-refractivity contribution is 0.183. The molecule has 1 aromatic heterocycles. The number of hydrazine groups is 1. The van der Waals surface area contributed by atoms with Gasteiger partial charge >= 0.3 is 0 Å². The third kappa shape index (κ3) is 2.47. The number of nitrogens with one attached hydrogen (secondary N) is 1. The molecule has 6 heteroatoms. The number of rotatable bonds is 5. The highest BCUT2D eigenvalue weighted by molar-refractivity contribution is 4.97. The maximum atomic E-state index is 5.74. The molecule has 3 N–H and O–H groups in total. The van der Waals surface area contributed by atoms with Gasteiger partial charge in [0.2, 0.25) is 0 Å². The lowest BCUT2D eigenvalue weighted by Crippen LogP contribution is -2.48. The summed E-state index contributed by atoms with van der Waals surface area (Å²) in [7, 11) is 1.78. The number of hydrogen-bond donors (Lipinski definition) is 2. The second-order valence-electron chi connectivity index (χ2n) is 5.04. The summed E-state index contributed by atoms with van der Waals surface area (Å²) in [4.78, 5) is 1.50. The van der Waals surface area contributed by atoms with Gasteiger partial charge in [0.25, 0.3) is 0 Å². The Morgan fingerprint density at radius 3 is 2.65 bits per heavy atom. The Morgan fingerprint density at radius 2 is 2.18 bits per heavy atom. The zero-order valence-corrected chi connectivity index (χ0v) is 10.7. The van der Waals surface area contributed by atoms with Crippen molar-refractivity contribution in [1.29, 1.82) is 0 Å². The van der Waals surface area contributed by atoms with Crippen molar-refractivity contribution >= 4 is 0 Å². The molecule has 1 aromatic rings. The molecule has 1 atom stereocenters. The molecule has 0 aromatic carbocycles. The number of aromatic nitrogens is 4. The summed E-state index contributed by atoms with van der Waals surface area (Å²) in [6.07, 6.45) is 7.03. The quantitative estimate of drug-likeness (QED) is 0.578. The maximum absolute atomic E-state index is 5.74. The van der Waals surface area contributed by atoms with Gasteiger partial charge in [-0.25, -0.2) is 0 Å². The molecule has 1 aliphatic carbocycles. The number of hydrogen-bond acceptors (Lipinski definition) is 5. The summed E-state index contributed by atoms with van der Waals surface area (Å²) >= 11 is 0. The first-order valence-electron chi connectivity index (χ1n) is 6.39. The standard InChI is InChI=1S/C11H22N6/c1-3-11(6-4-5-7-11)9(13-12)8-10-14-16-17(2)15-10/h9,13H,3-8,12H2,1-2H3. The van der Waals surface area contributed by atoms with Crippen molar-refractivity contribution in [3.05, 3.63) is 5.82 Å². The molecule has 1 fully saturated rings.